The number of hydrogen-bond acceptors (Lipinski definition) is 4. The summed E-state index contributed by atoms with van der Waals surface area (Å²) in [7, 11) is 0. The highest BCUT2D eigenvalue weighted by Gasteiger charge is 2.21. The molecule has 2 aromatic rings. The molecule has 1 atom stereocenters. The average Bonchev–Trinajstić information content (AvgIpc) is 2.76. The second kappa shape index (κ2) is 12.6. The van der Waals surface area contributed by atoms with E-state index in [9.17, 15) is 9.59 Å². The van der Waals surface area contributed by atoms with Crippen LogP contribution in [0.15, 0.2) is 54.6 Å². The minimum atomic E-state index is -0.644. The second-order valence-electron chi connectivity index (χ2n) is 6.73. The van der Waals surface area contributed by atoms with Gasteiger partial charge < -0.3 is 20.7 Å². The molecule has 2 rings (SSSR count). The Morgan fingerprint density at radius 1 is 0.966 bits per heavy atom. The lowest BCUT2D eigenvalue weighted by atomic mass is 10.0. The third kappa shape index (κ3) is 7.95. The van der Waals surface area contributed by atoms with Crippen molar-refractivity contribution >= 4 is 11.8 Å². The SMILES string of the molecule is CCCNC(=O)[C@H](Cc1ccc(OCCNCC)cc1)NC(=O)c1ccccc1. The number of carbonyl (C=O) groups is 2. The van der Waals surface area contributed by atoms with Crippen molar-refractivity contribution in [3.05, 3.63) is 65.7 Å². The van der Waals surface area contributed by atoms with E-state index in [1.54, 1.807) is 24.3 Å². The first-order chi connectivity index (χ1) is 14.1. The maximum atomic E-state index is 12.6. The Morgan fingerprint density at radius 2 is 1.69 bits per heavy atom. The molecule has 0 radical (unpaired) electrons. The monoisotopic (exact) mass is 397 g/mol. The van der Waals surface area contributed by atoms with Gasteiger partial charge in [0.15, 0.2) is 0 Å². The average molecular weight is 398 g/mol. The molecule has 2 amide bonds. The summed E-state index contributed by atoms with van der Waals surface area (Å²) in [4.78, 5) is 25.1. The van der Waals surface area contributed by atoms with Crippen molar-refractivity contribution in [2.45, 2.75) is 32.7 Å². The van der Waals surface area contributed by atoms with E-state index < -0.39 is 6.04 Å². The number of likely N-dealkylation sites (N-methyl/N-ethyl adjacent to an activating group) is 1. The van der Waals surface area contributed by atoms with Crippen LogP contribution in [0.5, 0.6) is 5.75 Å². The summed E-state index contributed by atoms with van der Waals surface area (Å²) in [5, 5.41) is 8.95. The lowest BCUT2D eigenvalue weighted by Crippen LogP contribution is -2.48. The van der Waals surface area contributed by atoms with E-state index in [-0.39, 0.29) is 11.8 Å². The summed E-state index contributed by atoms with van der Waals surface area (Å²) in [5.74, 6) is 0.347. The topological polar surface area (TPSA) is 79.5 Å². The zero-order chi connectivity index (χ0) is 20.9. The molecule has 2 aromatic carbocycles. The van der Waals surface area contributed by atoms with Crippen LogP contribution in [0.4, 0.5) is 0 Å². The van der Waals surface area contributed by atoms with E-state index in [4.69, 9.17) is 4.74 Å². The van der Waals surface area contributed by atoms with Crippen LogP contribution < -0.4 is 20.7 Å². The fourth-order valence-corrected chi connectivity index (χ4v) is 2.79. The molecule has 0 aliphatic carbocycles. The van der Waals surface area contributed by atoms with E-state index in [0.717, 1.165) is 30.8 Å². The van der Waals surface area contributed by atoms with E-state index in [1.165, 1.54) is 0 Å². The molecule has 0 spiro atoms. The highest BCUT2D eigenvalue weighted by Crippen LogP contribution is 2.14. The van der Waals surface area contributed by atoms with Crippen LogP contribution in [0.3, 0.4) is 0 Å². The van der Waals surface area contributed by atoms with Crippen LogP contribution in [0.1, 0.15) is 36.2 Å². The molecule has 6 nitrogen and oxygen atoms in total. The summed E-state index contributed by atoms with van der Waals surface area (Å²) < 4.78 is 5.68. The van der Waals surface area contributed by atoms with Gasteiger partial charge in [-0.2, -0.15) is 0 Å². The number of carbonyl (C=O) groups excluding carboxylic acids is 2. The smallest absolute Gasteiger partial charge is 0.251 e. The molecular weight excluding hydrogens is 366 g/mol. The normalized spacial score (nSPS) is 11.5. The Hall–Kier alpha value is -2.86. The van der Waals surface area contributed by atoms with E-state index in [2.05, 4.69) is 22.9 Å². The summed E-state index contributed by atoms with van der Waals surface area (Å²) in [5.41, 5.74) is 1.49. The van der Waals surface area contributed by atoms with Gasteiger partial charge >= 0.3 is 0 Å². The number of ether oxygens (including phenoxy) is 1. The Balaban J connectivity index is 2.01. The molecule has 156 valence electrons. The molecule has 0 fully saturated rings. The maximum absolute atomic E-state index is 12.6. The first-order valence-corrected chi connectivity index (χ1v) is 10.2. The molecule has 0 saturated carbocycles. The van der Waals surface area contributed by atoms with E-state index in [0.29, 0.717) is 25.1 Å². The van der Waals surface area contributed by atoms with Crippen molar-refractivity contribution < 1.29 is 14.3 Å². The Bertz CT molecular complexity index is 748. The molecule has 29 heavy (non-hydrogen) atoms. The highest BCUT2D eigenvalue weighted by atomic mass is 16.5. The van der Waals surface area contributed by atoms with Crippen LogP contribution in [0.2, 0.25) is 0 Å². The van der Waals surface area contributed by atoms with Gasteiger partial charge in [-0.15, -0.1) is 0 Å². The van der Waals surface area contributed by atoms with Crippen molar-refractivity contribution in [2.75, 3.05) is 26.2 Å². The molecule has 0 unspecified atom stereocenters. The molecule has 0 aromatic heterocycles. The summed E-state index contributed by atoms with van der Waals surface area (Å²) in [6, 6.07) is 15.9. The fraction of sp³-hybridized carbons (Fsp3) is 0.391. The zero-order valence-corrected chi connectivity index (χ0v) is 17.2. The zero-order valence-electron chi connectivity index (χ0n) is 17.2. The number of benzene rings is 2. The summed E-state index contributed by atoms with van der Waals surface area (Å²) >= 11 is 0. The molecule has 6 heteroatoms. The van der Waals surface area contributed by atoms with Gasteiger partial charge in [0.05, 0.1) is 0 Å². The lowest BCUT2D eigenvalue weighted by Gasteiger charge is -2.19. The molecule has 0 aliphatic heterocycles. The quantitative estimate of drug-likeness (QED) is 0.481. The number of nitrogens with one attached hydrogen (secondary N) is 3. The fourth-order valence-electron chi connectivity index (χ4n) is 2.79. The van der Waals surface area contributed by atoms with Crippen molar-refractivity contribution in [1.82, 2.24) is 16.0 Å². The number of amides is 2. The van der Waals surface area contributed by atoms with Crippen molar-refractivity contribution in [3.8, 4) is 5.75 Å². The van der Waals surface area contributed by atoms with Crippen molar-refractivity contribution in [1.29, 1.82) is 0 Å². The molecule has 0 aliphatic rings. The minimum absolute atomic E-state index is 0.179. The standard InChI is InChI=1S/C23H31N3O3/c1-3-14-25-23(28)21(26-22(27)19-8-6-5-7-9-19)17-18-10-12-20(13-11-18)29-16-15-24-4-2/h5-13,21,24H,3-4,14-17H2,1-2H3,(H,25,28)(H,26,27)/t21-/m0/s1. The number of hydrogen-bond donors (Lipinski definition) is 3. The van der Waals surface area contributed by atoms with Crippen molar-refractivity contribution in [3.63, 3.8) is 0 Å². The maximum Gasteiger partial charge on any atom is 0.251 e. The largest absolute Gasteiger partial charge is 0.492 e. The molecule has 0 heterocycles. The third-order valence-corrected chi connectivity index (χ3v) is 4.37. The Morgan fingerprint density at radius 3 is 2.34 bits per heavy atom. The van der Waals surface area contributed by atoms with Crippen LogP contribution in [-0.2, 0) is 11.2 Å². The van der Waals surface area contributed by atoms with E-state index in [1.807, 2.05) is 37.3 Å². The van der Waals surface area contributed by atoms with Gasteiger partial charge in [0.1, 0.15) is 18.4 Å². The van der Waals surface area contributed by atoms with Gasteiger partial charge in [-0.1, -0.05) is 44.2 Å². The Kier molecular flexibility index (Phi) is 9.72. The predicted octanol–water partition coefficient (Wildman–Crippen LogP) is 2.54. The van der Waals surface area contributed by atoms with Crippen LogP contribution in [0, 0.1) is 0 Å². The van der Waals surface area contributed by atoms with Gasteiger partial charge in [0.2, 0.25) is 5.91 Å². The molecule has 3 N–H and O–H groups in total. The lowest BCUT2D eigenvalue weighted by molar-refractivity contribution is -0.122. The van der Waals surface area contributed by atoms with Gasteiger partial charge in [0, 0.05) is 25.1 Å². The Labute approximate surface area is 173 Å². The third-order valence-electron chi connectivity index (χ3n) is 4.37. The molecule has 0 bridgehead atoms. The molecule has 0 saturated heterocycles. The predicted molar refractivity (Wildman–Crippen MR) is 115 cm³/mol. The van der Waals surface area contributed by atoms with Gasteiger partial charge in [-0.3, -0.25) is 9.59 Å². The number of rotatable bonds is 12. The van der Waals surface area contributed by atoms with Crippen LogP contribution >= 0.6 is 0 Å². The first kappa shape index (κ1) is 22.4. The van der Waals surface area contributed by atoms with Crippen molar-refractivity contribution in [2.24, 2.45) is 0 Å². The molecular formula is C23H31N3O3. The van der Waals surface area contributed by atoms with Crippen LogP contribution in [0.25, 0.3) is 0 Å². The van der Waals surface area contributed by atoms with Crippen LogP contribution in [-0.4, -0.2) is 44.1 Å². The first-order valence-electron chi connectivity index (χ1n) is 10.2. The van der Waals surface area contributed by atoms with Gasteiger partial charge in [-0.25, -0.2) is 0 Å². The minimum Gasteiger partial charge on any atom is -0.492 e. The van der Waals surface area contributed by atoms with Gasteiger partial charge in [-0.05, 0) is 42.8 Å². The summed E-state index contributed by atoms with van der Waals surface area (Å²) in [6.07, 6.45) is 1.25. The summed E-state index contributed by atoms with van der Waals surface area (Å²) in [6.45, 7) is 6.93. The van der Waals surface area contributed by atoms with Gasteiger partial charge in [0.25, 0.3) is 5.91 Å². The highest BCUT2D eigenvalue weighted by molar-refractivity contribution is 5.97. The second-order valence-corrected chi connectivity index (χ2v) is 6.73. The van der Waals surface area contributed by atoms with E-state index >= 15 is 0 Å².